The van der Waals surface area contributed by atoms with E-state index < -0.39 is 0 Å². The van der Waals surface area contributed by atoms with E-state index in [0.29, 0.717) is 5.89 Å². The lowest BCUT2D eigenvalue weighted by molar-refractivity contribution is 0.620. The molecule has 0 aliphatic rings. The standard InChI is InChI=1S/C52H30N4O/c1-2-8-33(9-3-1)52-56-51-46(57-52)25-24-43-47(51)42-11-4-5-13-45(42)55-48(43)32-16-14-31(15-17-32)34-20-22-39-35(28-34)18-19-36-29-37(21-23-40(36)39)44-30-38-10-6-26-53-49(38)50-41(44)12-7-27-54-50/h1-30H. The van der Waals surface area contributed by atoms with Crippen molar-refractivity contribution in [2.75, 3.05) is 0 Å². The minimum absolute atomic E-state index is 0.614. The van der Waals surface area contributed by atoms with Crippen molar-refractivity contribution in [1.82, 2.24) is 19.9 Å². The maximum Gasteiger partial charge on any atom is 0.227 e. The lowest BCUT2D eigenvalue weighted by Crippen LogP contribution is -1.91. The number of para-hydroxylation sites is 1. The predicted octanol–water partition coefficient (Wildman–Crippen LogP) is 13.6. The van der Waals surface area contributed by atoms with Crippen LogP contribution in [-0.2, 0) is 0 Å². The quantitative estimate of drug-likeness (QED) is 0.169. The first-order chi connectivity index (χ1) is 28.2. The second-order valence-corrected chi connectivity index (χ2v) is 14.6. The minimum atomic E-state index is 0.614. The molecule has 0 radical (unpaired) electrons. The molecule has 12 rings (SSSR count). The zero-order valence-corrected chi connectivity index (χ0v) is 30.5. The fraction of sp³-hybridized carbons (Fsp3) is 0. The molecule has 0 amide bonds. The third-order valence-electron chi connectivity index (χ3n) is 11.3. The van der Waals surface area contributed by atoms with Crippen LogP contribution in [0.5, 0.6) is 0 Å². The summed E-state index contributed by atoms with van der Waals surface area (Å²) in [6, 6.07) is 59.8. The smallest absolute Gasteiger partial charge is 0.227 e. The Morgan fingerprint density at radius 1 is 0.368 bits per heavy atom. The highest BCUT2D eigenvalue weighted by Gasteiger charge is 2.18. The molecule has 0 saturated heterocycles. The molecule has 264 valence electrons. The van der Waals surface area contributed by atoms with E-state index in [2.05, 4.69) is 120 Å². The fourth-order valence-electron chi connectivity index (χ4n) is 8.61. The lowest BCUT2D eigenvalue weighted by atomic mass is 9.93. The van der Waals surface area contributed by atoms with Crippen LogP contribution in [0.15, 0.2) is 187 Å². The van der Waals surface area contributed by atoms with Crippen molar-refractivity contribution in [2.24, 2.45) is 0 Å². The largest absolute Gasteiger partial charge is 0.436 e. The number of rotatable bonds is 4. The number of hydrogen-bond acceptors (Lipinski definition) is 5. The van der Waals surface area contributed by atoms with Crippen LogP contribution in [-0.4, -0.2) is 19.9 Å². The van der Waals surface area contributed by atoms with Crippen LogP contribution in [0.1, 0.15) is 0 Å². The molecule has 12 aromatic rings. The van der Waals surface area contributed by atoms with Gasteiger partial charge in [-0.25, -0.2) is 9.97 Å². The molecule has 0 fully saturated rings. The molecule has 0 bridgehead atoms. The normalized spacial score (nSPS) is 11.9. The maximum atomic E-state index is 6.29. The van der Waals surface area contributed by atoms with E-state index in [1.54, 1.807) is 0 Å². The van der Waals surface area contributed by atoms with Gasteiger partial charge in [0, 0.05) is 50.5 Å². The van der Waals surface area contributed by atoms with Gasteiger partial charge >= 0.3 is 0 Å². The Kier molecular flexibility index (Phi) is 6.86. The van der Waals surface area contributed by atoms with Gasteiger partial charge in [-0.15, -0.1) is 0 Å². The lowest BCUT2D eigenvalue weighted by Gasteiger charge is -2.12. The van der Waals surface area contributed by atoms with E-state index in [-0.39, 0.29) is 0 Å². The van der Waals surface area contributed by atoms with Crippen molar-refractivity contribution < 1.29 is 4.42 Å². The topological polar surface area (TPSA) is 64.7 Å². The van der Waals surface area contributed by atoms with Crippen molar-refractivity contribution in [3.8, 4) is 45.0 Å². The number of hydrogen-bond donors (Lipinski definition) is 0. The number of nitrogens with zero attached hydrogens (tertiary/aromatic N) is 4. The van der Waals surface area contributed by atoms with Gasteiger partial charge in [-0.05, 0) is 104 Å². The molecule has 0 atom stereocenters. The van der Waals surface area contributed by atoms with Crippen LogP contribution >= 0.6 is 0 Å². The molecule has 5 nitrogen and oxygen atoms in total. The molecule has 0 unspecified atom stereocenters. The SMILES string of the molecule is c1ccc(-c2nc3c(ccc4c(-c5ccc(-c6ccc7c(ccc8cc(-c9cc%10cccnc%10c%10ncccc9%10)ccc87)c6)cc5)nc5ccccc5c43)o2)cc1. The highest BCUT2D eigenvalue weighted by atomic mass is 16.3. The molecule has 5 heteroatoms. The van der Waals surface area contributed by atoms with Gasteiger partial charge < -0.3 is 4.42 Å². The zero-order chi connectivity index (χ0) is 37.5. The Balaban J connectivity index is 0.918. The van der Waals surface area contributed by atoms with Gasteiger partial charge in [0.05, 0.1) is 22.2 Å². The zero-order valence-electron chi connectivity index (χ0n) is 30.5. The summed E-state index contributed by atoms with van der Waals surface area (Å²) in [7, 11) is 0. The summed E-state index contributed by atoms with van der Waals surface area (Å²) < 4.78 is 6.29. The van der Waals surface area contributed by atoms with Gasteiger partial charge in [0.15, 0.2) is 5.58 Å². The van der Waals surface area contributed by atoms with Crippen LogP contribution in [0.25, 0.3) is 121 Å². The molecule has 0 spiro atoms. The summed E-state index contributed by atoms with van der Waals surface area (Å²) in [5, 5.41) is 10.2. The van der Waals surface area contributed by atoms with E-state index in [1.165, 1.54) is 32.7 Å². The van der Waals surface area contributed by atoms with Crippen LogP contribution in [0, 0.1) is 0 Å². The molecule has 0 N–H and O–H groups in total. The molecule has 0 saturated carbocycles. The molecule has 57 heavy (non-hydrogen) atoms. The Bertz CT molecular complexity index is 3570. The third kappa shape index (κ3) is 5.03. The van der Waals surface area contributed by atoms with E-state index in [4.69, 9.17) is 19.4 Å². The minimum Gasteiger partial charge on any atom is -0.436 e. The van der Waals surface area contributed by atoms with Gasteiger partial charge in [-0.3, -0.25) is 9.97 Å². The summed E-state index contributed by atoms with van der Waals surface area (Å²) in [6.45, 7) is 0. The number of aromatic nitrogens is 4. The van der Waals surface area contributed by atoms with Gasteiger partial charge in [0.1, 0.15) is 5.52 Å². The van der Waals surface area contributed by atoms with Crippen molar-refractivity contribution in [3.63, 3.8) is 0 Å². The van der Waals surface area contributed by atoms with Crippen molar-refractivity contribution in [2.45, 2.75) is 0 Å². The Hall–Kier alpha value is -7.76. The van der Waals surface area contributed by atoms with Gasteiger partial charge in [0.25, 0.3) is 0 Å². The second kappa shape index (κ2) is 12.4. The van der Waals surface area contributed by atoms with Crippen molar-refractivity contribution in [3.05, 3.63) is 182 Å². The Morgan fingerprint density at radius 3 is 1.88 bits per heavy atom. The van der Waals surface area contributed by atoms with Crippen LogP contribution in [0.4, 0.5) is 0 Å². The summed E-state index contributed by atoms with van der Waals surface area (Å²) in [5.41, 5.74) is 12.0. The van der Waals surface area contributed by atoms with E-state index in [0.717, 1.165) is 82.5 Å². The number of benzene rings is 8. The monoisotopic (exact) mass is 726 g/mol. The van der Waals surface area contributed by atoms with Gasteiger partial charge in [-0.2, -0.15) is 0 Å². The third-order valence-corrected chi connectivity index (χ3v) is 11.3. The Labute approximate surface area is 326 Å². The van der Waals surface area contributed by atoms with E-state index >= 15 is 0 Å². The van der Waals surface area contributed by atoms with Crippen LogP contribution in [0.2, 0.25) is 0 Å². The van der Waals surface area contributed by atoms with Crippen molar-refractivity contribution >= 4 is 76.1 Å². The summed E-state index contributed by atoms with van der Waals surface area (Å²) in [6.07, 6.45) is 3.68. The highest BCUT2D eigenvalue weighted by molar-refractivity contribution is 6.21. The Morgan fingerprint density at radius 2 is 1.04 bits per heavy atom. The van der Waals surface area contributed by atoms with E-state index in [1.807, 2.05) is 67.0 Å². The first-order valence-corrected chi connectivity index (χ1v) is 19.1. The average molecular weight is 727 g/mol. The first-order valence-electron chi connectivity index (χ1n) is 19.1. The molecule has 4 heterocycles. The second-order valence-electron chi connectivity index (χ2n) is 14.6. The molecule has 8 aromatic carbocycles. The highest BCUT2D eigenvalue weighted by Crippen LogP contribution is 2.40. The summed E-state index contributed by atoms with van der Waals surface area (Å²) in [4.78, 5) is 19.6. The molecule has 4 aromatic heterocycles. The molecule has 0 aliphatic carbocycles. The average Bonchev–Trinajstić information content (AvgIpc) is 3.73. The number of pyridine rings is 3. The van der Waals surface area contributed by atoms with Crippen LogP contribution < -0.4 is 0 Å². The maximum absolute atomic E-state index is 6.29. The molecular formula is C52H30N4O. The molecule has 0 aliphatic heterocycles. The predicted molar refractivity (Wildman–Crippen MR) is 234 cm³/mol. The number of oxazole rings is 1. The van der Waals surface area contributed by atoms with Gasteiger partial charge in [-0.1, -0.05) is 109 Å². The van der Waals surface area contributed by atoms with Gasteiger partial charge in [0.2, 0.25) is 5.89 Å². The van der Waals surface area contributed by atoms with Crippen LogP contribution in [0.3, 0.4) is 0 Å². The summed E-state index contributed by atoms with van der Waals surface area (Å²) in [5.74, 6) is 0.614. The van der Waals surface area contributed by atoms with E-state index in [9.17, 15) is 0 Å². The summed E-state index contributed by atoms with van der Waals surface area (Å²) >= 11 is 0. The van der Waals surface area contributed by atoms with Crippen molar-refractivity contribution in [1.29, 1.82) is 0 Å². The first kappa shape index (κ1) is 31.6. The fourth-order valence-corrected chi connectivity index (χ4v) is 8.61. The number of fused-ring (bicyclic) bond motifs is 11. The molecular weight excluding hydrogens is 697 g/mol.